The third-order valence-corrected chi connectivity index (χ3v) is 2.18. The molecule has 0 saturated carbocycles. The topological polar surface area (TPSA) is 40.5 Å². The van der Waals surface area contributed by atoms with E-state index in [-0.39, 0.29) is 5.75 Å². The van der Waals surface area contributed by atoms with Crippen LogP contribution in [0.15, 0.2) is 24.3 Å². The first kappa shape index (κ1) is 9.07. The lowest BCUT2D eigenvalue weighted by molar-refractivity contribution is 0.0530. The van der Waals surface area contributed by atoms with Crippen molar-refractivity contribution in [3.05, 3.63) is 29.8 Å². The standard InChI is InChI=1S/C10H14O2/c1-3-10(2,12)8-4-6-9(11)7-5-8/h4-7,11-12H,3H2,1-2H3. The Morgan fingerprint density at radius 1 is 1.25 bits per heavy atom. The van der Waals surface area contributed by atoms with E-state index in [1.54, 1.807) is 31.2 Å². The van der Waals surface area contributed by atoms with E-state index >= 15 is 0 Å². The van der Waals surface area contributed by atoms with Gasteiger partial charge in [0, 0.05) is 0 Å². The van der Waals surface area contributed by atoms with Gasteiger partial charge < -0.3 is 10.2 Å². The summed E-state index contributed by atoms with van der Waals surface area (Å²) < 4.78 is 0. The summed E-state index contributed by atoms with van der Waals surface area (Å²) in [5.41, 5.74) is 0.0519. The highest BCUT2D eigenvalue weighted by molar-refractivity contribution is 5.29. The Morgan fingerprint density at radius 3 is 2.17 bits per heavy atom. The van der Waals surface area contributed by atoms with Crippen molar-refractivity contribution >= 4 is 0 Å². The lowest BCUT2D eigenvalue weighted by atomic mass is 9.93. The molecule has 0 radical (unpaired) electrons. The molecule has 1 unspecified atom stereocenters. The number of hydrogen-bond donors (Lipinski definition) is 2. The second-order valence-corrected chi connectivity index (χ2v) is 3.17. The summed E-state index contributed by atoms with van der Waals surface area (Å²) in [4.78, 5) is 0. The quantitative estimate of drug-likeness (QED) is 0.705. The van der Waals surface area contributed by atoms with Gasteiger partial charge in [-0.05, 0) is 31.0 Å². The molecule has 1 atom stereocenters. The minimum absolute atomic E-state index is 0.227. The first-order chi connectivity index (χ1) is 5.56. The van der Waals surface area contributed by atoms with Crippen molar-refractivity contribution in [3.63, 3.8) is 0 Å². The lowest BCUT2D eigenvalue weighted by Crippen LogP contribution is -2.19. The van der Waals surface area contributed by atoms with Gasteiger partial charge in [0.25, 0.3) is 0 Å². The molecule has 1 rings (SSSR count). The zero-order chi connectivity index (χ0) is 9.19. The summed E-state index contributed by atoms with van der Waals surface area (Å²) in [5, 5.41) is 18.8. The fourth-order valence-corrected chi connectivity index (χ4v) is 1.02. The van der Waals surface area contributed by atoms with Gasteiger partial charge in [0.15, 0.2) is 0 Å². The first-order valence-electron chi connectivity index (χ1n) is 4.08. The van der Waals surface area contributed by atoms with Crippen LogP contribution in [0.1, 0.15) is 25.8 Å². The highest BCUT2D eigenvalue weighted by atomic mass is 16.3. The van der Waals surface area contributed by atoms with Crippen molar-refractivity contribution in [1.82, 2.24) is 0 Å². The fraction of sp³-hybridized carbons (Fsp3) is 0.400. The Hall–Kier alpha value is -1.02. The van der Waals surface area contributed by atoms with Gasteiger partial charge in [0.05, 0.1) is 5.60 Å². The largest absolute Gasteiger partial charge is 0.508 e. The van der Waals surface area contributed by atoms with E-state index < -0.39 is 5.60 Å². The monoisotopic (exact) mass is 166 g/mol. The summed E-state index contributed by atoms with van der Waals surface area (Å²) in [6.45, 7) is 3.69. The maximum atomic E-state index is 9.80. The first-order valence-corrected chi connectivity index (χ1v) is 4.08. The number of phenols is 1. The molecule has 66 valence electrons. The SMILES string of the molecule is CCC(C)(O)c1ccc(O)cc1. The molecule has 2 heteroatoms. The molecule has 0 aliphatic rings. The predicted molar refractivity (Wildman–Crippen MR) is 48.0 cm³/mol. The molecule has 0 saturated heterocycles. The van der Waals surface area contributed by atoms with Crippen molar-refractivity contribution in [2.75, 3.05) is 0 Å². The Morgan fingerprint density at radius 2 is 1.75 bits per heavy atom. The number of hydrogen-bond acceptors (Lipinski definition) is 2. The van der Waals surface area contributed by atoms with Crippen LogP contribution in [0.2, 0.25) is 0 Å². The van der Waals surface area contributed by atoms with E-state index in [1.807, 2.05) is 6.92 Å². The zero-order valence-corrected chi connectivity index (χ0v) is 7.41. The number of phenolic OH excluding ortho intramolecular Hbond substituents is 1. The molecule has 0 amide bonds. The fourth-order valence-electron chi connectivity index (χ4n) is 1.02. The molecule has 0 aromatic heterocycles. The zero-order valence-electron chi connectivity index (χ0n) is 7.41. The third-order valence-electron chi connectivity index (χ3n) is 2.18. The van der Waals surface area contributed by atoms with Crippen molar-refractivity contribution in [3.8, 4) is 5.75 Å². The summed E-state index contributed by atoms with van der Waals surface area (Å²) in [6, 6.07) is 6.64. The lowest BCUT2D eigenvalue weighted by Gasteiger charge is -2.21. The average molecular weight is 166 g/mol. The molecular weight excluding hydrogens is 152 g/mol. The van der Waals surface area contributed by atoms with E-state index in [4.69, 9.17) is 5.11 Å². The smallest absolute Gasteiger partial charge is 0.115 e. The van der Waals surface area contributed by atoms with Crippen LogP contribution in [-0.4, -0.2) is 10.2 Å². The van der Waals surface area contributed by atoms with Gasteiger partial charge >= 0.3 is 0 Å². The van der Waals surface area contributed by atoms with Crippen LogP contribution in [-0.2, 0) is 5.60 Å². The van der Waals surface area contributed by atoms with Crippen molar-refractivity contribution in [2.24, 2.45) is 0 Å². The van der Waals surface area contributed by atoms with Gasteiger partial charge in [-0.3, -0.25) is 0 Å². The van der Waals surface area contributed by atoms with Gasteiger partial charge in [0.2, 0.25) is 0 Å². The molecule has 1 aromatic rings. The Kier molecular flexibility index (Phi) is 2.38. The normalized spacial score (nSPS) is 15.6. The summed E-state index contributed by atoms with van der Waals surface area (Å²) in [6.07, 6.45) is 0.664. The van der Waals surface area contributed by atoms with Crippen LogP contribution in [0.5, 0.6) is 5.75 Å². The Balaban J connectivity index is 2.96. The van der Waals surface area contributed by atoms with E-state index in [1.165, 1.54) is 0 Å². The van der Waals surface area contributed by atoms with Gasteiger partial charge in [-0.2, -0.15) is 0 Å². The highest BCUT2D eigenvalue weighted by Gasteiger charge is 2.19. The van der Waals surface area contributed by atoms with Gasteiger partial charge in [0.1, 0.15) is 5.75 Å². The van der Waals surface area contributed by atoms with E-state index in [2.05, 4.69) is 0 Å². The predicted octanol–water partition coefficient (Wildman–Crippen LogP) is 2.01. The van der Waals surface area contributed by atoms with Gasteiger partial charge in [-0.1, -0.05) is 19.1 Å². The maximum Gasteiger partial charge on any atom is 0.115 e. The van der Waals surface area contributed by atoms with Crippen LogP contribution >= 0.6 is 0 Å². The molecular formula is C10H14O2. The molecule has 0 fully saturated rings. The maximum absolute atomic E-state index is 9.80. The average Bonchev–Trinajstić information content (AvgIpc) is 2.05. The van der Waals surface area contributed by atoms with Crippen LogP contribution in [0, 0.1) is 0 Å². The number of benzene rings is 1. The molecule has 12 heavy (non-hydrogen) atoms. The number of aliphatic hydroxyl groups is 1. The van der Waals surface area contributed by atoms with Crippen LogP contribution in [0.3, 0.4) is 0 Å². The summed E-state index contributed by atoms with van der Waals surface area (Å²) in [5.74, 6) is 0.227. The summed E-state index contributed by atoms with van der Waals surface area (Å²) in [7, 11) is 0. The minimum Gasteiger partial charge on any atom is -0.508 e. The van der Waals surface area contributed by atoms with E-state index in [9.17, 15) is 5.11 Å². The van der Waals surface area contributed by atoms with Crippen molar-refractivity contribution in [2.45, 2.75) is 25.9 Å². The third kappa shape index (κ3) is 1.77. The van der Waals surface area contributed by atoms with E-state index in [0.717, 1.165) is 5.56 Å². The Bertz CT molecular complexity index is 249. The van der Waals surface area contributed by atoms with Crippen LogP contribution < -0.4 is 0 Å². The molecule has 0 heterocycles. The van der Waals surface area contributed by atoms with Gasteiger partial charge in [-0.15, -0.1) is 0 Å². The second-order valence-electron chi connectivity index (χ2n) is 3.17. The van der Waals surface area contributed by atoms with Crippen LogP contribution in [0.4, 0.5) is 0 Å². The highest BCUT2D eigenvalue weighted by Crippen LogP contribution is 2.25. The molecule has 0 aliphatic heterocycles. The van der Waals surface area contributed by atoms with Crippen molar-refractivity contribution < 1.29 is 10.2 Å². The summed E-state index contributed by atoms with van der Waals surface area (Å²) >= 11 is 0. The minimum atomic E-state index is -0.784. The van der Waals surface area contributed by atoms with Gasteiger partial charge in [-0.25, -0.2) is 0 Å². The molecule has 2 N–H and O–H groups in total. The molecule has 0 spiro atoms. The van der Waals surface area contributed by atoms with Crippen molar-refractivity contribution in [1.29, 1.82) is 0 Å². The number of rotatable bonds is 2. The molecule has 2 nitrogen and oxygen atoms in total. The van der Waals surface area contributed by atoms with E-state index in [0.29, 0.717) is 6.42 Å². The van der Waals surface area contributed by atoms with Crippen LogP contribution in [0.25, 0.3) is 0 Å². The molecule has 0 bridgehead atoms. The number of aromatic hydroxyl groups is 1. The second kappa shape index (κ2) is 3.15. The molecule has 0 aliphatic carbocycles. The molecule has 1 aromatic carbocycles. The Labute approximate surface area is 72.5 Å².